The lowest BCUT2D eigenvalue weighted by molar-refractivity contribution is -0.147. The zero-order valence-electron chi connectivity index (χ0n) is 10.2. The molecule has 96 valence electrons. The van der Waals surface area contributed by atoms with Gasteiger partial charge in [-0.3, -0.25) is 4.79 Å². The average Bonchev–Trinajstić information content (AvgIpc) is 2.82. The SMILES string of the molecule is CC(C)(C(=O)O)N(CCC#N)C(=O)c1ccco1. The summed E-state index contributed by atoms with van der Waals surface area (Å²) in [6, 6.07) is 4.90. The molecule has 0 aliphatic rings. The molecule has 0 aliphatic heterocycles. The minimum absolute atomic E-state index is 0.0370. The van der Waals surface area contributed by atoms with E-state index >= 15 is 0 Å². The monoisotopic (exact) mass is 250 g/mol. The van der Waals surface area contributed by atoms with Crippen LogP contribution in [0.1, 0.15) is 30.8 Å². The highest BCUT2D eigenvalue weighted by Crippen LogP contribution is 2.19. The lowest BCUT2D eigenvalue weighted by Crippen LogP contribution is -2.53. The molecule has 6 heteroatoms. The molecule has 0 aromatic carbocycles. The van der Waals surface area contributed by atoms with Gasteiger partial charge in [0.2, 0.25) is 0 Å². The molecular formula is C12H14N2O4. The van der Waals surface area contributed by atoms with Crippen molar-refractivity contribution in [3.63, 3.8) is 0 Å². The molecule has 1 rings (SSSR count). The molecule has 0 bridgehead atoms. The predicted molar refractivity (Wildman–Crippen MR) is 61.7 cm³/mol. The second kappa shape index (κ2) is 5.36. The first kappa shape index (κ1) is 13.8. The van der Waals surface area contributed by atoms with Crippen LogP contribution in [0.5, 0.6) is 0 Å². The maximum atomic E-state index is 12.1. The first-order valence-corrected chi connectivity index (χ1v) is 5.37. The lowest BCUT2D eigenvalue weighted by Gasteiger charge is -2.33. The van der Waals surface area contributed by atoms with Crippen molar-refractivity contribution in [2.75, 3.05) is 6.54 Å². The van der Waals surface area contributed by atoms with Gasteiger partial charge in [-0.25, -0.2) is 4.79 Å². The third-order valence-electron chi connectivity index (χ3n) is 2.62. The number of rotatable bonds is 5. The van der Waals surface area contributed by atoms with E-state index in [-0.39, 0.29) is 18.7 Å². The average molecular weight is 250 g/mol. The molecule has 1 N–H and O–H groups in total. The van der Waals surface area contributed by atoms with Gasteiger partial charge < -0.3 is 14.4 Å². The summed E-state index contributed by atoms with van der Waals surface area (Å²) in [4.78, 5) is 24.4. The summed E-state index contributed by atoms with van der Waals surface area (Å²) in [6.45, 7) is 2.86. The third kappa shape index (κ3) is 2.69. The Balaban J connectivity index is 3.03. The maximum absolute atomic E-state index is 12.1. The molecule has 0 saturated heterocycles. The van der Waals surface area contributed by atoms with Crippen LogP contribution in [0, 0.1) is 11.3 Å². The first-order chi connectivity index (χ1) is 8.41. The van der Waals surface area contributed by atoms with Crippen LogP contribution in [-0.2, 0) is 4.79 Å². The summed E-state index contributed by atoms with van der Waals surface area (Å²) < 4.78 is 4.96. The fourth-order valence-electron chi connectivity index (χ4n) is 1.45. The van der Waals surface area contributed by atoms with Crippen molar-refractivity contribution in [3.8, 4) is 6.07 Å². The lowest BCUT2D eigenvalue weighted by atomic mass is 10.0. The van der Waals surface area contributed by atoms with Gasteiger partial charge in [0, 0.05) is 6.54 Å². The normalized spacial score (nSPS) is 10.7. The number of carbonyl (C=O) groups excluding carboxylic acids is 1. The predicted octanol–water partition coefficient (Wildman–Crippen LogP) is 1.50. The summed E-state index contributed by atoms with van der Waals surface area (Å²) in [6.07, 6.45) is 1.40. The molecule has 0 radical (unpaired) electrons. The van der Waals surface area contributed by atoms with Crippen molar-refractivity contribution in [1.82, 2.24) is 4.90 Å². The standard InChI is InChI=1S/C12H14N2O4/c1-12(2,11(16)17)14(7-4-6-13)10(15)9-5-3-8-18-9/h3,5,8H,4,7H2,1-2H3,(H,16,17). The number of furan rings is 1. The molecule has 0 spiro atoms. The van der Waals surface area contributed by atoms with Crippen molar-refractivity contribution < 1.29 is 19.1 Å². The Kier molecular flexibility index (Phi) is 4.10. The number of aliphatic carboxylic acids is 1. The molecule has 0 aliphatic carbocycles. The van der Waals surface area contributed by atoms with Gasteiger partial charge in [0.05, 0.1) is 18.8 Å². The van der Waals surface area contributed by atoms with Crippen molar-refractivity contribution in [2.45, 2.75) is 25.8 Å². The van der Waals surface area contributed by atoms with Crippen LogP contribution < -0.4 is 0 Å². The van der Waals surface area contributed by atoms with Crippen molar-refractivity contribution in [3.05, 3.63) is 24.2 Å². The number of carboxylic acids is 1. The summed E-state index contributed by atoms with van der Waals surface area (Å²) in [5, 5.41) is 17.7. The van der Waals surface area contributed by atoms with E-state index in [1.807, 2.05) is 6.07 Å². The number of amides is 1. The molecule has 1 aromatic rings. The highest BCUT2D eigenvalue weighted by Gasteiger charge is 2.38. The van der Waals surface area contributed by atoms with Gasteiger partial charge in [-0.05, 0) is 26.0 Å². The summed E-state index contributed by atoms with van der Waals surface area (Å²) in [5.74, 6) is -1.62. The van der Waals surface area contributed by atoms with Crippen LogP contribution in [0.25, 0.3) is 0 Å². The molecule has 0 atom stereocenters. The maximum Gasteiger partial charge on any atom is 0.329 e. The number of nitrogens with zero attached hydrogens (tertiary/aromatic N) is 2. The summed E-state index contributed by atoms with van der Waals surface area (Å²) in [5.41, 5.74) is -1.40. The first-order valence-electron chi connectivity index (χ1n) is 5.37. The van der Waals surface area contributed by atoms with E-state index in [4.69, 9.17) is 14.8 Å². The zero-order valence-corrected chi connectivity index (χ0v) is 10.2. The van der Waals surface area contributed by atoms with E-state index in [9.17, 15) is 9.59 Å². The zero-order chi connectivity index (χ0) is 13.8. The smallest absolute Gasteiger partial charge is 0.329 e. The Morgan fingerprint density at radius 2 is 2.22 bits per heavy atom. The molecule has 0 fully saturated rings. The highest BCUT2D eigenvalue weighted by atomic mass is 16.4. The quantitative estimate of drug-likeness (QED) is 0.854. The fourth-order valence-corrected chi connectivity index (χ4v) is 1.45. The van der Waals surface area contributed by atoms with Crippen LogP contribution in [0.15, 0.2) is 22.8 Å². The topological polar surface area (TPSA) is 94.5 Å². The third-order valence-corrected chi connectivity index (χ3v) is 2.62. The van der Waals surface area contributed by atoms with Crippen LogP contribution in [-0.4, -0.2) is 34.0 Å². The molecule has 0 saturated carbocycles. The van der Waals surface area contributed by atoms with Crippen molar-refractivity contribution in [2.24, 2.45) is 0 Å². The molecule has 1 aromatic heterocycles. The van der Waals surface area contributed by atoms with Gasteiger partial charge in [-0.1, -0.05) is 0 Å². The highest BCUT2D eigenvalue weighted by molar-refractivity contribution is 5.95. The Hall–Kier alpha value is -2.29. The van der Waals surface area contributed by atoms with E-state index in [1.165, 1.54) is 26.2 Å². The van der Waals surface area contributed by atoms with Gasteiger partial charge in [0.1, 0.15) is 5.54 Å². The van der Waals surface area contributed by atoms with Crippen LogP contribution in [0.2, 0.25) is 0 Å². The number of carbonyl (C=O) groups is 2. The molecule has 1 heterocycles. The van der Waals surface area contributed by atoms with Gasteiger partial charge in [0.15, 0.2) is 5.76 Å². The van der Waals surface area contributed by atoms with Crippen LogP contribution in [0.4, 0.5) is 0 Å². The van der Waals surface area contributed by atoms with Gasteiger partial charge in [-0.2, -0.15) is 5.26 Å². The second-order valence-corrected chi connectivity index (χ2v) is 4.21. The van der Waals surface area contributed by atoms with Gasteiger partial charge in [0.25, 0.3) is 5.91 Å². The van der Waals surface area contributed by atoms with Crippen molar-refractivity contribution >= 4 is 11.9 Å². The van der Waals surface area contributed by atoms with E-state index in [0.29, 0.717) is 0 Å². The summed E-state index contributed by atoms with van der Waals surface area (Å²) in [7, 11) is 0. The van der Waals surface area contributed by atoms with E-state index in [1.54, 1.807) is 6.07 Å². The van der Waals surface area contributed by atoms with Crippen molar-refractivity contribution in [1.29, 1.82) is 5.26 Å². The molecule has 1 amide bonds. The Labute approximate surface area is 104 Å². The minimum atomic E-state index is -1.40. The van der Waals surface area contributed by atoms with E-state index in [0.717, 1.165) is 4.90 Å². The van der Waals surface area contributed by atoms with Gasteiger partial charge in [-0.15, -0.1) is 0 Å². The Morgan fingerprint density at radius 1 is 1.56 bits per heavy atom. The number of hydrogen-bond acceptors (Lipinski definition) is 4. The Bertz CT molecular complexity index is 471. The molecular weight excluding hydrogens is 236 g/mol. The number of hydrogen-bond donors (Lipinski definition) is 1. The number of carboxylic acid groups (broad SMARTS) is 1. The van der Waals surface area contributed by atoms with Gasteiger partial charge >= 0.3 is 5.97 Å². The fraction of sp³-hybridized carbons (Fsp3) is 0.417. The largest absolute Gasteiger partial charge is 0.480 e. The van der Waals surface area contributed by atoms with Crippen LogP contribution in [0.3, 0.4) is 0 Å². The van der Waals surface area contributed by atoms with E-state index in [2.05, 4.69) is 0 Å². The summed E-state index contributed by atoms with van der Waals surface area (Å²) >= 11 is 0. The Morgan fingerprint density at radius 3 is 2.67 bits per heavy atom. The van der Waals surface area contributed by atoms with Crippen LogP contribution >= 0.6 is 0 Å². The molecule has 0 unspecified atom stereocenters. The minimum Gasteiger partial charge on any atom is -0.480 e. The second-order valence-electron chi connectivity index (χ2n) is 4.21. The molecule has 6 nitrogen and oxygen atoms in total. The molecule has 18 heavy (non-hydrogen) atoms. The number of nitriles is 1. The van der Waals surface area contributed by atoms with E-state index < -0.39 is 17.4 Å².